The summed E-state index contributed by atoms with van der Waals surface area (Å²) in [6.45, 7) is 9.64. The molecule has 0 spiro atoms. The highest BCUT2D eigenvalue weighted by Gasteiger charge is 2.30. The normalized spacial score (nSPS) is 16.1. The number of hydrogen-bond donors (Lipinski definition) is 2. The van der Waals surface area contributed by atoms with E-state index in [0.29, 0.717) is 52.0 Å². The lowest BCUT2D eigenvalue weighted by atomic mass is 9.97. The SMILES string of the molecule is CC(=O)Nc1nc2c(Oc3cc(-c4ccc(C(F)(F)F)cc4)nc(NCC4CCCN(CC(C)C)C4)n3)cccc2s1. The Labute approximate surface area is 246 Å². The second kappa shape index (κ2) is 12.6. The molecule has 0 saturated carbocycles. The molecule has 2 aromatic carbocycles. The number of nitrogens with one attached hydrogen (secondary N) is 2. The van der Waals surface area contributed by atoms with Crippen molar-refractivity contribution in [1.29, 1.82) is 0 Å². The van der Waals surface area contributed by atoms with Crippen LogP contribution in [0.1, 0.15) is 39.2 Å². The third-order valence-electron chi connectivity index (χ3n) is 6.87. The molecule has 1 amide bonds. The minimum absolute atomic E-state index is 0.217. The monoisotopic (exact) mass is 598 g/mol. The second-order valence-electron chi connectivity index (χ2n) is 10.9. The molecular weight excluding hydrogens is 565 g/mol. The van der Waals surface area contributed by atoms with Crippen LogP contribution < -0.4 is 15.4 Å². The standard InChI is InChI=1S/C30H33F3N6O2S/c1-18(2)16-39-13-5-6-20(17-39)15-34-28-36-23(21-9-11-22(12-10-21)30(31,32)33)14-26(37-28)41-24-7-4-8-25-27(24)38-29(42-25)35-19(3)40/h4,7-12,14,18,20H,5-6,13,15-17H2,1-3H3,(H,34,36,37)(H,35,38,40). The van der Waals surface area contributed by atoms with Crippen molar-refractivity contribution in [3.05, 3.63) is 54.1 Å². The van der Waals surface area contributed by atoms with E-state index < -0.39 is 11.7 Å². The Morgan fingerprint density at radius 2 is 1.93 bits per heavy atom. The fourth-order valence-electron chi connectivity index (χ4n) is 5.09. The number of carbonyl (C=O) groups is 1. The second-order valence-corrected chi connectivity index (χ2v) is 12.0. The van der Waals surface area contributed by atoms with E-state index in [9.17, 15) is 18.0 Å². The van der Waals surface area contributed by atoms with E-state index in [1.54, 1.807) is 12.1 Å². The van der Waals surface area contributed by atoms with Crippen LogP contribution >= 0.6 is 11.3 Å². The molecule has 8 nitrogen and oxygen atoms in total. The Balaban J connectivity index is 1.43. The molecule has 2 aromatic heterocycles. The Morgan fingerprint density at radius 3 is 2.64 bits per heavy atom. The number of likely N-dealkylation sites (tertiary alicyclic amines) is 1. The molecule has 1 aliphatic rings. The third-order valence-corrected chi connectivity index (χ3v) is 7.80. The number of thiazole rings is 1. The molecule has 12 heteroatoms. The molecular formula is C30H33F3N6O2S. The molecule has 5 rings (SSSR count). The Bertz CT molecular complexity index is 1540. The number of rotatable bonds is 9. The molecule has 2 N–H and O–H groups in total. The molecule has 42 heavy (non-hydrogen) atoms. The van der Waals surface area contributed by atoms with Gasteiger partial charge in [0.2, 0.25) is 17.7 Å². The number of alkyl halides is 3. The summed E-state index contributed by atoms with van der Waals surface area (Å²) in [5.74, 6) is 1.75. The number of fused-ring (bicyclic) bond motifs is 1. The summed E-state index contributed by atoms with van der Waals surface area (Å²) >= 11 is 1.32. The largest absolute Gasteiger partial charge is 0.437 e. The first-order valence-corrected chi connectivity index (χ1v) is 14.7. The fraction of sp³-hybridized carbons (Fsp3) is 0.400. The number of amides is 1. The van der Waals surface area contributed by atoms with E-state index in [4.69, 9.17) is 4.74 Å². The van der Waals surface area contributed by atoms with Crippen molar-refractivity contribution in [3.8, 4) is 22.9 Å². The molecule has 0 aliphatic carbocycles. The molecule has 1 fully saturated rings. The van der Waals surface area contributed by atoms with Crippen LogP contribution in [0, 0.1) is 11.8 Å². The van der Waals surface area contributed by atoms with Gasteiger partial charge in [0, 0.05) is 38.2 Å². The van der Waals surface area contributed by atoms with Gasteiger partial charge in [0.15, 0.2) is 10.9 Å². The number of carbonyl (C=O) groups excluding carboxylic acids is 1. The molecule has 0 bridgehead atoms. The zero-order chi connectivity index (χ0) is 29.9. The zero-order valence-corrected chi connectivity index (χ0v) is 24.5. The average Bonchev–Trinajstić information content (AvgIpc) is 3.34. The summed E-state index contributed by atoms with van der Waals surface area (Å²) in [6.07, 6.45) is -2.22. The summed E-state index contributed by atoms with van der Waals surface area (Å²) in [5, 5.41) is 6.50. The van der Waals surface area contributed by atoms with Crippen molar-refractivity contribution in [2.24, 2.45) is 11.8 Å². The number of nitrogens with zero attached hydrogens (tertiary/aromatic N) is 4. The lowest BCUT2D eigenvalue weighted by Crippen LogP contribution is -2.40. The van der Waals surface area contributed by atoms with Crippen LogP contribution in [0.3, 0.4) is 0 Å². The van der Waals surface area contributed by atoms with Crippen molar-refractivity contribution in [1.82, 2.24) is 19.9 Å². The highest BCUT2D eigenvalue weighted by molar-refractivity contribution is 7.22. The molecule has 3 heterocycles. The first kappa shape index (κ1) is 29.7. The number of piperidine rings is 1. The van der Waals surface area contributed by atoms with E-state index in [2.05, 4.69) is 44.3 Å². The van der Waals surface area contributed by atoms with Gasteiger partial charge in [0.25, 0.3) is 0 Å². The Morgan fingerprint density at radius 1 is 1.14 bits per heavy atom. The van der Waals surface area contributed by atoms with Crippen LogP contribution in [0.2, 0.25) is 0 Å². The summed E-state index contributed by atoms with van der Waals surface area (Å²) in [4.78, 5) is 27.7. The number of aromatic nitrogens is 3. The van der Waals surface area contributed by atoms with Crippen LogP contribution in [0.5, 0.6) is 11.6 Å². The Hall–Kier alpha value is -3.77. The number of benzene rings is 2. The first-order chi connectivity index (χ1) is 20.0. The third kappa shape index (κ3) is 7.54. The molecule has 1 saturated heterocycles. The van der Waals surface area contributed by atoms with Gasteiger partial charge in [-0.05, 0) is 55.5 Å². The highest BCUT2D eigenvalue weighted by Crippen LogP contribution is 2.36. The summed E-state index contributed by atoms with van der Waals surface area (Å²) in [5.41, 5.74) is 0.746. The zero-order valence-electron chi connectivity index (χ0n) is 23.7. The number of anilines is 2. The van der Waals surface area contributed by atoms with Gasteiger partial charge in [-0.15, -0.1) is 0 Å². The maximum atomic E-state index is 13.2. The minimum atomic E-state index is -4.43. The lowest BCUT2D eigenvalue weighted by molar-refractivity contribution is -0.137. The van der Waals surface area contributed by atoms with Crippen molar-refractivity contribution in [3.63, 3.8) is 0 Å². The highest BCUT2D eigenvalue weighted by atomic mass is 32.1. The lowest BCUT2D eigenvalue weighted by Gasteiger charge is -2.33. The van der Waals surface area contributed by atoms with E-state index in [1.807, 2.05) is 12.1 Å². The van der Waals surface area contributed by atoms with Crippen molar-refractivity contribution < 1.29 is 22.7 Å². The van der Waals surface area contributed by atoms with Crippen LogP contribution in [-0.4, -0.2) is 51.9 Å². The molecule has 0 radical (unpaired) electrons. The summed E-state index contributed by atoms with van der Waals surface area (Å²) in [7, 11) is 0. The quantitative estimate of drug-likeness (QED) is 0.209. The first-order valence-electron chi connectivity index (χ1n) is 13.9. The number of ether oxygens (including phenoxy) is 1. The summed E-state index contributed by atoms with van der Waals surface area (Å²) < 4.78 is 46.5. The maximum absolute atomic E-state index is 13.2. The van der Waals surface area contributed by atoms with E-state index in [0.717, 1.165) is 49.3 Å². The molecule has 4 aromatic rings. The maximum Gasteiger partial charge on any atom is 0.416 e. The van der Waals surface area contributed by atoms with Crippen LogP contribution in [0.15, 0.2) is 48.5 Å². The Kier molecular flexibility index (Phi) is 8.93. The summed E-state index contributed by atoms with van der Waals surface area (Å²) in [6, 6.07) is 11.9. The van der Waals surface area contributed by atoms with Crippen molar-refractivity contribution >= 4 is 38.5 Å². The smallest absolute Gasteiger partial charge is 0.416 e. The fourth-order valence-corrected chi connectivity index (χ4v) is 6.02. The number of para-hydroxylation sites is 1. The van der Waals surface area contributed by atoms with E-state index in [1.165, 1.54) is 30.4 Å². The molecule has 1 unspecified atom stereocenters. The minimum Gasteiger partial charge on any atom is -0.437 e. The molecule has 222 valence electrons. The number of halogens is 3. The van der Waals surface area contributed by atoms with Gasteiger partial charge in [-0.2, -0.15) is 18.2 Å². The van der Waals surface area contributed by atoms with E-state index >= 15 is 0 Å². The molecule has 1 atom stereocenters. The van der Waals surface area contributed by atoms with E-state index in [-0.39, 0.29) is 11.8 Å². The average molecular weight is 599 g/mol. The van der Waals surface area contributed by atoms with Gasteiger partial charge in [-0.25, -0.2) is 9.97 Å². The number of hydrogen-bond acceptors (Lipinski definition) is 8. The van der Waals surface area contributed by atoms with Crippen molar-refractivity contribution in [2.45, 2.75) is 39.8 Å². The predicted molar refractivity (Wildman–Crippen MR) is 159 cm³/mol. The van der Waals surface area contributed by atoms with Gasteiger partial charge < -0.3 is 20.3 Å². The topological polar surface area (TPSA) is 92.3 Å². The predicted octanol–water partition coefficient (Wildman–Crippen LogP) is 7.30. The van der Waals surface area contributed by atoms with Gasteiger partial charge in [-0.1, -0.05) is 43.4 Å². The van der Waals surface area contributed by atoms with Gasteiger partial charge in [0.05, 0.1) is 16.0 Å². The molecule has 1 aliphatic heterocycles. The van der Waals surface area contributed by atoms with Gasteiger partial charge >= 0.3 is 6.18 Å². The van der Waals surface area contributed by atoms with Gasteiger partial charge in [-0.3, -0.25) is 4.79 Å². The van der Waals surface area contributed by atoms with Gasteiger partial charge in [0.1, 0.15) is 5.52 Å². The van der Waals surface area contributed by atoms with Crippen LogP contribution in [-0.2, 0) is 11.0 Å². The van der Waals surface area contributed by atoms with Crippen molar-refractivity contribution in [2.75, 3.05) is 36.8 Å². The van der Waals surface area contributed by atoms with Crippen LogP contribution in [0.4, 0.5) is 24.3 Å². The van der Waals surface area contributed by atoms with Crippen LogP contribution in [0.25, 0.3) is 21.5 Å².